The second kappa shape index (κ2) is 10.6. The molecule has 38 heavy (non-hydrogen) atoms. The molecule has 11 heteroatoms. The molecule has 2 N–H and O–H groups in total. The normalized spacial score (nSPS) is 17.6. The molecule has 0 aromatic carbocycles. The number of ether oxygens (including phenoxy) is 1. The predicted octanol–water partition coefficient (Wildman–Crippen LogP) is 3.15. The van der Waals surface area contributed by atoms with Crippen molar-refractivity contribution in [3.8, 4) is 23.1 Å². The summed E-state index contributed by atoms with van der Waals surface area (Å²) >= 11 is 0. The lowest BCUT2D eigenvalue weighted by Crippen LogP contribution is -2.56. The number of alkyl halides is 2. The van der Waals surface area contributed by atoms with Gasteiger partial charge in [0, 0.05) is 68.5 Å². The molecule has 0 bridgehead atoms. The molecule has 2 fully saturated rings. The number of allylic oxidation sites excluding steroid dienone is 1. The summed E-state index contributed by atoms with van der Waals surface area (Å²) in [6, 6.07) is 11.6. The number of aromatic nitrogens is 3. The van der Waals surface area contributed by atoms with Crippen molar-refractivity contribution in [2.75, 3.05) is 56.2 Å². The van der Waals surface area contributed by atoms with E-state index in [2.05, 4.69) is 30.8 Å². The lowest BCUT2D eigenvalue weighted by atomic mass is 10.00. The van der Waals surface area contributed by atoms with E-state index >= 15 is 0 Å². The number of rotatable bonds is 7. The van der Waals surface area contributed by atoms with Crippen LogP contribution >= 0.6 is 0 Å². The van der Waals surface area contributed by atoms with Crippen LogP contribution in [0, 0.1) is 11.3 Å². The number of halogens is 2. The van der Waals surface area contributed by atoms with Gasteiger partial charge in [-0.3, -0.25) is 9.88 Å². The minimum atomic E-state index is -2.70. The molecule has 0 saturated carbocycles. The van der Waals surface area contributed by atoms with Crippen molar-refractivity contribution in [1.82, 2.24) is 19.9 Å². The van der Waals surface area contributed by atoms with Crippen LogP contribution in [0.25, 0.3) is 16.7 Å². The van der Waals surface area contributed by atoms with E-state index in [4.69, 9.17) is 10.5 Å². The molecular formula is C27H28F2N8O. The highest BCUT2D eigenvalue weighted by atomic mass is 19.3. The van der Waals surface area contributed by atoms with E-state index in [9.17, 15) is 14.0 Å². The Hall–Kier alpha value is -4.30. The highest BCUT2D eigenvalue weighted by Gasteiger charge is 2.44. The zero-order valence-electron chi connectivity index (χ0n) is 21.0. The molecule has 2 saturated heterocycles. The summed E-state index contributed by atoms with van der Waals surface area (Å²) in [6.07, 6.45) is 6.27. The summed E-state index contributed by atoms with van der Waals surface area (Å²) < 4.78 is 32.0. The number of hydrogen-bond donors (Lipinski definition) is 1. The molecule has 0 unspecified atom stereocenters. The van der Waals surface area contributed by atoms with Gasteiger partial charge in [-0.15, -0.1) is 0 Å². The highest BCUT2D eigenvalue weighted by molar-refractivity contribution is 5.86. The molecule has 0 radical (unpaired) electrons. The van der Waals surface area contributed by atoms with Crippen LogP contribution in [0.2, 0.25) is 0 Å². The first kappa shape index (κ1) is 25.4. The van der Waals surface area contributed by atoms with Gasteiger partial charge in [0.1, 0.15) is 11.9 Å². The second-order valence-corrected chi connectivity index (χ2v) is 9.37. The maximum atomic E-state index is 13.4. The molecular weight excluding hydrogens is 490 g/mol. The summed E-state index contributed by atoms with van der Waals surface area (Å²) in [6.45, 7) is 3.54. The van der Waals surface area contributed by atoms with Crippen molar-refractivity contribution in [3.05, 3.63) is 66.4 Å². The van der Waals surface area contributed by atoms with E-state index in [1.54, 1.807) is 24.3 Å². The number of piperazine rings is 1. The Kier molecular flexibility index (Phi) is 7.07. The van der Waals surface area contributed by atoms with Gasteiger partial charge in [-0.25, -0.2) is 18.7 Å². The quantitative estimate of drug-likeness (QED) is 0.472. The fraction of sp³-hybridized carbons (Fsp3) is 0.333. The van der Waals surface area contributed by atoms with Gasteiger partial charge in [-0.05, 0) is 23.8 Å². The first-order chi connectivity index (χ1) is 18.4. The maximum Gasteiger partial charge on any atom is 0.282 e. The molecule has 2 aliphatic heterocycles. The molecule has 0 amide bonds. The Bertz CT molecular complexity index is 1340. The van der Waals surface area contributed by atoms with Crippen LogP contribution in [0.1, 0.15) is 11.3 Å². The topological polar surface area (TPSA) is 107 Å². The monoisotopic (exact) mass is 518 g/mol. The number of anilines is 2. The molecule has 0 atom stereocenters. The molecule has 3 aromatic heterocycles. The number of pyridine rings is 3. The number of nitrogens with zero attached hydrogens (tertiary/aromatic N) is 7. The lowest BCUT2D eigenvalue weighted by molar-refractivity contribution is -0.0262. The SMILES string of the molecule is COc1ccc(CN2CCN(c3ccc(-c4cc(N5CC(F)(F)C5)cnc4C(C#N)=CN)cn3)CC2)cn1. The summed E-state index contributed by atoms with van der Waals surface area (Å²) in [4.78, 5) is 19.5. The molecule has 196 valence electrons. The fourth-order valence-corrected chi connectivity index (χ4v) is 4.68. The maximum absolute atomic E-state index is 13.4. The van der Waals surface area contributed by atoms with Crippen LogP contribution in [0.3, 0.4) is 0 Å². The van der Waals surface area contributed by atoms with Gasteiger partial charge in [0.25, 0.3) is 5.92 Å². The fourth-order valence-electron chi connectivity index (χ4n) is 4.68. The van der Waals surface area contributed by atoms with E-state index in [1.165, 1.54) is 12.4 Å². The predicted molar refractivity (Wildman–Crippen MR) is 141 cm³/mol. The Labute approximate surface area is 219 Å². The van der Waals surface area contributed by atoms with E-state index in [0.29, 0.717) is 22.8 Å². The minimum Gasteiger partial charge on any atom is -0.481 e. The third kappa shape index (κ3) is 5.35. The number of nitrogens with two attached hydrogens (primary N) is 1. The van der Waals surface area contributed by atoms with E-state index in [1.807, 2.05) is 30.5 Å². The molecule has 0 aliphatic carbocycles. The van der Waals surface area contributed by atoms with Crippen LogP contribution < -0.4 is 20.3 Å². The van der Waals surface area contributed by atoms with Crippen LogP contribution in [0.5, 0.6) is 5.88 Å². The number of nitriles is 1. The van der Waals surface area contributed by atoms with Gasteiger partial charge in [-0.1, -0.05) is 6.07 Å². The summed E-state index contributed by atoms with van der Waals surface area (Å²) in [5, 5.41) is 9.52. The van der Waals surface area contributed by atoms with Gasteiger partial charge >= 0.3 is 0 Å². The summed E-state index contributed by atoms with van der Waals surface area (Å²) in [5.41, 5.74) is 9.30. The molecule has 3 aromatic rings. The third-order valence-electron chi connectivity index (χ3n) is 6.79. The summed E-state index contributed by atoms with van der Waals surface area (Å²) in [5.74, 6) is -1.25. The van der Waals surface area contributed by atoms with Gasteiger partial charge in [0.2, 0.25) is 5.88 Å². The van der Waals surface area contributed by atoms with E-state index in [0.717, 1.165) is 49.7 Å². The van der Waals surface area contributed by atoms with Crippen molar-refractivity contribution in [2.24, 2.45) is 5.73 Å². The largest absolute Gasteiger partial charge is 0.481 e. The van der Waals surface area contributed by atoms with Crippen molar-refractivity contribution in [1.29, 1.82) is 5.26 Å². The van der Waals surface area contributed by atoms with Crippen molar-refractivity contribution in [3.63, 3.8) is 0 Å². The van der Waals surface area contributed by atoms with Gasteiger partial charge < -0.3 is 20.3 Å². The van der Waals surface area contributed by atoms with Crippen molar-refractivity contribution < 1.29 is 13.5 Å². The van der Waals surface area contributed by atoms with Crippen LogP contribution in [-0.2, 0) is 6.54 Å². The van der Waals surface area contributed by atoms with Gasteiger partial charge in [-0.2, -0.15) is 5.26 Å². The van der Waals surface area contributed by atoms with Gasteiger partial charge in [0.05, 0.1) is 43.4 Å². The first-order valence-electron chi connectivity index (χ1n) is 12.3. The van der Waals surface area contributed by atoms with E-state index in [-0.39, 0.29) is 18.7 Å². The standard InChI is InChI=1S/C27H28F2N8O/c1-38-25-5-2-19(13-33-25)16-35-6-8-36(9-7-35)24-4-3-20(14-32-24)23-10-22(37-17-27(28,29)18-37)15-34-26(23)21(11-30)12-31/h2-5,10-11,13-15H,6-9,16-18,30H2,1H3. The Balaban J connectivity index is 1.29. The van der Waals surface area contributed by atoms with Crippen LogP contribution in [0.4, 0.5) is 20.3 Å². The van der Waals surface area contributed by atoms with Gasteiger partial charge in [0.15, 0.2) is 0 Å². The van der Waals surface area contributed by atoms with Crippen LogP contribution in [0.15, 0.2) is 55.1 Å². The smallest absolute Gasteiger partial charge is 0.282 e. The zero-order valence-corrected chi connectivity index (χ0v) is 21.0. The summed E-state index contributed by atoms with van der Waals surface area (Å²) in [7, 11) is 1.60. The molecule has 5 heterocycles. The zero-order chi connectivity index (χ0) is 26.7. The number of methoxy groups -OCH3 is 1. The Morgan fingerprint density at radius 3 is 2.42 bits per heavy atom. The average molecular weight is 519 g/mol. The Morgan fingerprint density at radius 2 is 1.84 bits per heavy atom. The Morgan fingerprint density at radius 1 is 1.05 bits per heavy atom. The average Bonchev–Trinajstić information content (AvgIpc) is 2.93. The highest BCUT2D eigenvalue weighted by Crippen LogP contribution is 2.36. The van der Waals surface area contributed by atoms with Crippen LogP contribution in [-0.4, -0.2) is 72.2 Å². The van der Waals surface area contributed by atoms with Crippen molar-refractivity contribution >= 4 is 17.1 Å². The van der Waals surface area contributed by atoms with Crippen molar-refractivity contribution in [2.45, 2.75) is 12.5 Å². The molecule has 0 spiro atoms. The molecule has 2 aliphatic rings. The lowest BCUT2D eigenvalue weighted by Gasteiger charge is -2.40. The minimum absolute atomic E-state index is 0.202. The molecule has 5 rings (SSSR count). The van der Waals surface area contributed by atoms with E-state index < -0.39 is 5.92 Å². The molecule has 9 nitrogen and oxygen atoms in total. The first-order valence-corrected chi connectivity index (χ1v) is 12.3. The number of hydrogen-bond acceptors (Lipinski definition) is 9. The third-order valence-corrected chi connectivity index (χ3v) is 6.79. The second-order valence-electron chi connectivity index (χ2n) is 9.37.